The van der Waals surface area contributed by atoms with E-state index < -0.39 is 41.5 Å². The van der Waals surface area contributed by atoms with E-state index in [-0.39, 0.29) is 25.1 Å². The lowest BCUT2D eigenvalue weighted by atomic mass is 10.0. The molecule has 0 bridgehead atoms. The molecule has 0 radical (unpaired) electrons. The van der Waals surface area contributed by atoms with Crippen LogP contribution in [0.25, 0.3) is 0 Å². The first kappa shape index (κ1) is 30.1. The van der Waals surface area contributed by atoms with E-state index in [9.17, 15) is 24.3 Å². The van der Waals surface area contributed by atoms with Crippen LogP contribution in [0, 0.1) is 13.8 Å². The predicted octanol–water partition coefficient (Wildman–Crippen LogP) is 3.70. The number of aromatic hydroxyl groups is 1. The Hall–Kier alpha value is -4.08. The minimum absolute atomic E-state index is 0.00274. The summed E-state index contributed by atoms with van der Waals surface area (Å²) in [7, 11) is 0. The van der Waals surface area contributed by atoms with E-state index in [1.54, 1.807) is 39.8 Å². The maximum Gasteiger partial charge on any atom is 0.408 e. The van der Waals surface area contributed by atoms with Crippen LogP contribution in [-0.2, 0) is 19.1 Å². The second-order valence-electron chi connectivity index (χ2n) is 10.1. The van der Waals surface area contributed by atoms with Gasteiger partial charge in [-0.2, -0.15) is 0 Å². The Morgan fingerprint density at radius 1 is 1.03 bits per heavy atom. The smallest absolute Gasteiger partial charge is 0.408 e. The summed E-state index contributed by atoms with van der Waals surface area (Å²) in [5.41, 5.74) is 7.28. The number of carbonyl (C=O) groups excluding carboxylic acids is 4. The van der Waals surface area contributed by atoms with E-state index in [4.69, 9.17) is 10.5 Å². The Labute approximate surface area is 223 Å². The number of alkyl carbamates (subject to hydrolysis) is 1. The van der Waals surface area contributed by atoms with Crippen LogP contribution < -0.4 is 16.4 Å². The third-order valence-electron chi connectivity index (χ3n) is 5.79. The maximum atomic E-state index is 13.8. The molecule has 38 heavy (non-hydrogen) atoms. The number of nitrogens with zero attached hydrogens (tertiary/aromatic N) is 1. The number of amides is 4. The van der Waals surface area contributed by atoms with Crippen molar-refractivity contribution in [2.75, 3.05) is 11.9 Å². The van der Waals surface area contributed by atoms with Gasteiger partial charge < -0.3 is 31.1 Å². The number of phenols is 1. The summed E-state index contributed by atoms with van der Waals surface area (Å²) in [5.74, 6) is -1.70. The summed E-state index contributed by atoms with van der Waals surface area (Å²) in [6, 6.07) is 9.29. The highest BCUT2D eigenvalue weighted by Crippen LogP contribution is 2.28. The first-order valence-electron chi connectivity index (χ1n) is 12.5. The maximum absolute atomic E-state index is 13.8. The number of carbonyl (C=O) groups is 4. The molecule has 0 aliphatic rings. The molecular weight excluding hydrogens is 488 g/mol. The number of ether oxygens (including phenoxy) is 1. The van der Waals surface area contributed by atoms with Crippen LogP contribution in [-0.4, -0.2) is 52.0 Å². The van der Waals surface area contributed by atoms with Gasteiger partial charge in [0.25, 0.3) is 5.91 Å². The van der Waals surface area contributed by atoms with Crippen molar-refractivity contribution in [3.8, 4) is 5.75 Å². The van der Waals surface area contributed by atoms with Crippen molar-refractivity contribution in [1.82, 2.24) is 10.2 Å². The van der Waals surface area contributed by atoms with Crippen LogP contribution in [0.1, 0.15) is 63.3 Å². The van der Waals surface area contributed by atoms with Gasteiger partial charge >= 0.3 is 6.09 Å². The Bertz CT molecular complexity index is 1140. The fourth-order valence-electron chi connectivity index (χ4n) is 3.99. The number of benzene rings is 2. The number of phenolic OH excluding ortho intramolecular Hbond substituents is 1. The summed E-state index contributed by atoms with van der Waals surface area (Å²) in [5, 5.41) is 15.3. The molecule has 10 heteroatoms. The number of anilines is 1. The molecule has 2 unspecified atom stereocenters. The monoisotopic (exact) mass is 526 g/mol. The lowest BCUT2D eigenvalue weighted by molar-refractivity contribution is -0.140. The van der Waals surface area contributed by atoms with Crippen molar-refractivity contribution in [2.24, 2.45) is 5.73 Å². The second kappa shape index (κ2) is 12.9. The molecule has 2 aromatic carbocycles. The van der Waals surface area contributed by atoms with Crippen LogP contribution in [0.5, 0.6) is 5.75 Å². The molecule has 2 rings (SSSR count). The summed E-state index contributed by atoms with van der Waals surface area (Å²) in [6.07, 6.45) is -1.08. The van der Waals surface area contributed by atoms with Gasteiger partial charge in [0.1, 0.15) is 23.4 Å². The number of nitrogens with one attached hydrogen (secondary N) is 2. The van der Waals surface area contributed by atoms with Crippen molar-refractivity contribution in [3.05, 3.63) is 59.2 Å². The van der Waals surface area contributed by atoms with E-state index in [0.29, 0.717) is 11.3 Å². The van der Waals surface area contributed by atoms with Gasteiger partial charge in [0.15, 0.2) is 0 Å². The number of rotatable bonds is 10. The third-order valence-corrected chi connectivity index (χ3v) is 5.79. The van der Waals surface area contributed by atoms with Gasteiger partial charge in [-0.1, -0.05) is 30.3 Å². The summed E-state index contributed by atoms with van der Waals surface area (Å²) in [6.45, 7) is 10.6. The fourth-order valence-corrected chi connectivity index (χ4v) is 3.99. The molecule has 0 heterocycles. The van der Waals surface area contributed by atoms with Gasteiger partial charge in [-0.25, -0.2) is 4.79 Å². The number of hydrogen-bond donors (Lipinski definition) is 4. The van der Waals surface area contributed by atoms with E-state index in [0.717, 1.165) is 11.1 Å². The Morgan fingerprint density at radius 3 is 2.11 bits per heavy atom. The molecule has 0 spiro atoms. The Balaban J connectivity index is 2.48. The molecule has 206 valence electrons. The van der Waals surface area contributed by atoms with E-state index >= 15 is 0 Å². The van der Waals surface area contributed by atoms with Gasteiger partial charge in [0, 0.05) is 18.7 Å². The van der Waals surface area contributed by atoms with E-state index in [1.165, 1.54) is 17.0 Å². The largest absolute Gasteiger partial charge is 0.508 e. The van der Waals surface area contributed by atoms with Gasteiger partial charge in [0.2, 0.25) is 11.8 Å². The van der Waals surface area contributed by atoms with E-state index in [1.807, 2.05) is 32.0 Å². The van der Waals surface area contributed by atoms with Crippen LogP contribution >= 0.6 is 0 Å². The molecule has 0 saturated carbocycles. The third kappa shape index (κ3) is 8.50. The van der Waals surface area contributed by atoms with Crippen LogP contribution in [0.15, 0.2) is 42.5 Å². The molecule has 0 aliphatic carbocycles. The minimum Gasteiger partial charge on any atom is -0.508 e. The van der Waals surface area contributed by atoms with Gasteiger partial charge in [-0.15, -0.1) is 0 Å². The van der Waals surface area contributed by atoms with Crippen molar-refractivity contribution >= 4 is 29.5 Å². The molecule has 2 atom stereocenters. The van der Waals surface area contributed by atoms with Crippen molar-refractivity contribution in [2.45, 2.75) is 72.1 Å². The SMILES string of the molecule is CCN(C(=O)C(CCC(N)=O)NC(=O)OC(C)(C)C)C(C(=O)Nc1c(C)cccc1C)c1ccc(O)cc1. The Kier molecular flexibility index (Phi) is 10.3. The summed E-state index contributed by atoms with van der Waals surface area (Å²) in [4.78, 5) is 52.9. The fraction of sp³-hybridized carbons (Fsp3) is 0.429. The van der Waals surface area contributed by atoms with Crippen molar-refractivity contribution in [1.29, 1.82) is 0 Å². The summed E-state index contributed by atoms with van der Waals surface area (Å²) < 4.78 is 5.31. The van der Waals surface area contributed by atoms with Crippen molar-refractivity contribution < 1.29 is 29.0 Å². The predicted molar refractivity (Wildman–Crippen MR) is 144 cm³/mol. The van der Waals surface area contributed by atoms with Gasteiger partial charge in [0.05, 0.1) is 0 Å². The highest BCUT2D eigenvalue weighted by Gasteiger charge is 2.36. The van der Waals surface area contributed by atoms with E-state index in [2.05, 4.69) is 10.6 Å². The molecular formula is C28H38N4O6. The zero-order valence-electron chi connectivity index (χ0n) is 22.8. The standard InChI is InChI=1S/C28H38N4O6/c1-7-32(26(36)21(15-16-22(29)34)30-27(37)38-28(4,5)6)24(19-11-13-20(33)14-12-19)25(35)31-23-17(2)9-8-10-18(23)3/h8-14,21,24,33H,7,15-16H2,1-6H3,(H2,29,34)(H,30,37)(H,31,35). The van der Waals surface area contributed by atoms with Gasteiger partial charge in [-0.05, 0) is 76.8 Å². The zero-order chi connectivity index (χ0) is 28.6. The van der Waals surface area contributed by atoms with Crippen LogP contribution in [0.4, 0.5) is 10.5 Å². The number of primary amides is 1. The molecule has 0 fully saturated rings. The molecule has 0 saturated heterocycles. The molecule has 4 amide bonds. The zero-order valence-corrected chi connectivity index (χ0v) is 22.8. The molecule has 2 aromatic rings. The Morgan fingerprint density at radius 2 is 1.61 bits per heavy atom. The molecule has 0 aromatic heterocycles. The average Bonchev–Trinajstić information content (AvgIpc) is 2.81. The number of hydrogen-bond acceptors (Lipinski definition) is 6. The van der Waals surface area contributed by atoms with Crippen molar-refractivity contribution in [3.63, 3.8) is 0 Å². The first-order chi connectivity index (χ1) is 17.7. The average molecular weight is 527 g/mol. The van der Waals surface area contributed by atoms with Crippen LogP contribution in [0.3, 0.4) is 0 Å². The normalized spacial score (nSPS) is 12.7. The molecule has 5 N–H and O–H groups in total. The quantitative estimate of drug-likeness (QED) is 0.371. The number of nitrogens with two attached hydrogens (primary N) is 1. The summed E-state index contributed by atoms with van der Waals surface area (Å²) >= 11 is 0. The highest BCUT2D eigenvalue weighted by molar-refractivity contribution is 6.00. The second-order valence-corrected chi connectivity index (χ2v) is 10.1. The number of aryl methyl sites for hydroxylation is 2. The van der Waals surface area contributed by atoms with Gasteiger partial charge in [-0.3, -0.25) is 14.4 Å². The first-order valence-corrected chi connectivity index (χ1v) is 12.5. The molecule has 0 aliphatic heterocycles. The molecule has 10 nitrogen and oxygen atoms in total. The highest BCUT2D eigenvalue weighted by atomic mass is 16.6. The topological polar surface area (TPSA) is 151 Å². The van der Waals surface area contributed by atoms with Crippen LogP contribution in [0.2, 0.25) is 0 Å². The number of likely N-dealkylation sites (N-methyl/N-ethyl adjacent to an activating group) is 1. The minimum atomic E-state index is -1.18. The lowest BCUT2D eigenvalue weighted by Gasteiger charge is -2.34. The lowest BCUT2D eigenvalue weighted by Crippen LogP contribution is -2.52. The number of para-hydroxylation sites is 1.